The molecule has 0 aromatic carbocycles. The quantitative estimate of drug-likeness (QED) is 0.305. The molecular formula is C16H26N4O7. The summed E-state index contributed by atoms with van der Waals surface area (Å²) in [6, 6.07) is -3.16. The summed E-state index contributed by atoms with van der Waals surface area (Å²) < 4.78 is 0. The van der Waals surface area contributed by atoms with Crippen LogP contribution in [0.1, 0.15) is 33.1 Å². The van der Waals surface area contributed by atoms with Crippen molar-refractivity contribution in [3.8, 4) is 0 Å². The normalized spacial score (nSPS) is 18.7. The van der Waals surface area contributed by atoms with Crippen LogP contribution in [0.15, 0.2) is 0 Å². The Morgan fingerprint density at radius 1 is 1.19 bits per heavy atom. The number of likely N-dealkylation sites (tertiary alicyclic amines) is 1. The fraction of sp³-hybridized carbons (Fsp3) is 0.688. The fourth-order valence-electron chi connectivity index (χ4n) is 2.78. The van der Waals surface area contributed by atoms with Crippen LogP contribution in [0.3, 0.4) is 0 Å². The van der Waals surface area contributed by atoms with Gasteiger partial charge in [-0.25, -0.2) is 4.79 Å². The smallest absolute Gasteiger partial charge is 0.326 e. The Morgan fingerprint density at radius 3 is 2.33 bits per heavy atom. The molecule has 0 spiro atoms. The van der Waals surface area contributed by atoms with Gasteiger partial charge in [0, 0.05) is 6.54 Å². The predicted molar refractivity (Wildman–Crippen MR) is 92.4 cm³/mol. The van der Waals surface area contributed by atoms with Crippen LogP contribution in [0.25, 0.3) is 0 Å². The molecule has 11 nitrogen and oxygen atoms in total. The van der Waals surface area contributed by atoms with E-state index in [4.69, 9.17) is 10.8 Å². The number of nitrogens with two attached hydrogens (primary N) is 1. The van der Waals surface area contributed by atoms with E-state index in [1.807, 2.05) is 0 Å². The summed E-state index contributed by atoms with van der Waals surface area (Å²) in [6.45, 7) is 3.19. The highest BCUT2D eigenvalue weighted by atomic mass is 16.4. The number of hydrogen-bond donors (Lipinski definition) is 5. The third-order valence-electron chi connectivity index (χ3n) is 4.25. The lowest BCUT2D eigenvalue weighted by Crippen LogP contribution is -2.54. The average molecular weight is 386 g/mol. The van der Waals surface area contributed by atoms with E-state index in [-0.39, 0.29) is 5.92 Å². The minimum absolute atomic E-state index is 0.299. The maximum atomic E-state index is 12.4. The molecule has 11 heteroatoms. The highest BCUT2D eigenvalue weighted by Crippen LogP contribution is 2.18. The molecule has 0 bridgehead atoms. The molecule has 1 fully saturated rings. The van der Waals surface area contributed by atoms with Crippen LogP contribution in [0.2, 0.25) is 0 Å². The monoisotopic (exact) mass is 386 g/mol. The van der Waals surface area contributed by atoms with Gasteiger partial charge in [-0.05, 0) is 18.8 Å². The van der Waals surface area contributed by atoms with Gasteiger partial charge in [-0.15, -0.1) is 0 Å². The van der Waals surface area contributed by atoms with Gasteiger partial charge in [-0.2, -0.15) is 0 Å². The standard InChI is InChI=1S/C16H26N4O7/c1-8(2)13(16(26)27)19-15(25)10-4-3-5-20(10)11(21)7-18-14(24)9(17)6-12(22)23/h8-10,13H,3-7,17H2,1-2H3,(H,18,24)(H,19,25)(H,22,23)(H,26,27). The van der Waals surface area contributed by atoms with Crippen molar-refractivity contribution in [3.05, 3.63) is 0 Å². The summed E-state index contributed by atoms with van der Waals surface area (Å²) in [5.74, 6) is -4.59. The van der Waals surface area contributed by atoms with E-state index in [9.17, 15) is 29.1 Å². The Kier molecular flexibility index (Phi) is 8.16. The third kappa shape index (κ3) is 6.51. The largest absolute Gasteiger partial charge is 0.481 e. The summed E-state index contributed by atoms with van der Waals surface area (Å²) in [5.41, 5.74) is 5.41. The molecule has 6 N–H and O–H groups in total. The molecule has 3 atom stereocenters. The molecular weight excluding hydrogens is 360 g/mol. The molecule has 1 aliphatic rings. The summed E-state index contributed by atoms with van der Waals surface area (Å²) in [4.78, 5) is 59.5. The molecule has 1 rings (SSSR count). The molecule has 1 saturated heterocycles. The van der Waals surface area contributed by atoms with Crippen molar-refractivity contribution in [2.45, 2.75) is 51.2 Å². The number of carbonyl (C=O) groups excluding carboxylic acids is 3. The van der Waals surface area contributed by atoms with Gasteiger partial charge in [-0.3, -0.25) is 19.2 Å². The zero-order valence-corrected chi connectivity index (χ0v) is 15.3. The number of nitrogens with one attached hydrogen (secondary N) is 2. The first-order valence-corrected chi connectivity index (χ1v) is 8.62. The van der Waals surface area contributed by atoms with Crippen molar-refractivity contribution in [1.29, 1.82) is 0 Å². The van der Waals surface area contributed by atoms with Gasteiger partial charge in [0.2, 0.25) is 17.7 Å². The second-order valence-electron chi connectivity index (χ2n) is 6.74. The predicted octanol–water partition coefficient (Wildman–Crippen LogP) is -1.88. The maximum Gasteiger partial charge on any atom is 0.326 e. The van der Waals surface area contributed by atoms with Crippen LogP contribution >= 0.6 is 0 Å². The van der Waals surface area contributed by atoms with E-state index in [2.05, 4.69) is 10.6 Å². The summed E-state index contributed by atoms with van der Waals surface area (Å²) in [7, 11) is 0. The number of nitrogens with zero attached hydrogens (tertiary/aromatic N) is 1. The van der Waals surface area contributed by atoms with Crippen LogP contribution in [0, 0.1) is 5.92 Å². The van der Waals surface area contributed by atoms with Crippen molar-refractivity contribution < 1.29 is 34.2 Å². The van der Waals surface area contributed by atoms with E-state index < -0.39 is 60.8 Å². The van der Waals surface area contributed by atoms with Crippen molar-refractivity contribution in [2.75, 3.05) is 13.1 Å². The Labute approximate surface area is 156 Å². The molecule has 0 aliphatic carbocycles. The van der Waals surface area contributed by atoms with Gasteiger partial charge >= 0.3 is 11.9 Å². The first-order chi connectivity index (χ1) is 12.5. The lowest BCUT2D eigenvalue weighted by Gasteiger charge is -2.26. The number of amides is 3. The van der Waals surface area contributed by atoms with Crippen LogP contribution < -0.4 is 16.4 Å². The molecule has 1 heterocycles. The Bertz CT molecular complexity index is 608. The molecule has 0 radical (unpaired) electrons. The minimum Gasteiger partial charge on any atom is -0.481 e. The molecule has 3 amide bonds. The van der Waals surface area contributed by atoms with Crippen molar-refractivity contribution in [2.24, 2.45) is 11.7 Å². The summed E-state index contributed by atoms with van der Waals surface area (Å²) in [6.07, 6.45) is 0.380. The molecule has 0 saturated carbocycles. The van der Waals surface area contributed by atoms with E-state index in [0.717, 1.165) is 0 Å². The molecule has 0 aromatic heterocycles. The second kappa shape index (κ2) is 9.86. The van der Waals surface area contributed by atoms with E-state index >= 15 is 0 Å². The number of rotatable bonds is 9. The fourth-order valence-corrected chi connectivity index (χ4v) is 2.78. The summed E-state index contributed by atoms with van der Waals surface area (Å²) >= 11 is 0. The number of hydrogen-bond acceptors (Lipinski definition) is 6. The van der Waals surface area contributed by atoms with Crippen LogP contribution in [0.5, 0.6) is 0 Å². The third-order valence-corrected chi connectivity index (χ3v) is 4.25. The zero-order valence-electron chi connectivity index (χ0n) is 15.3. The van der Waals surface area contributed by atoms with Crippen LogP contribution in [-0.4, -0.2) is 76.0 Å². The van der Waals surface area contributed by atoms with Crippen LogP contribution in [-0.2, 0) is 24.0 Å². The number of carbonyl (C=O) groups is 5. The minimum atomic E-state index is -1.28. The van der Waals surface area contributed by atoms with Gasteiger partial charge in [0.15, 0.2) is 0 Å². The Balaban J connectivity index is 2.64. The first kappa shape index (κ1) is 22.4. The van der Waals surface area contributed by atoms with E-state index in [0.29, 0.717) is 19.4 Å². The highest BCUT2D eigenvalue weighted by Gasteiger charge is 2.36. The molecule has 27 heavy (non-hydrogen) atoms. The van der Waals surface area contributed by atoms with Crippen molar-refractivity contribution in [1.82, 2.24) is 15.5 Å². The van der Waals surface area contributed by atoms with Gasteiger partial charge in [0.1, 0.15) is 12.1 Å². The van der Waals surface area contributed by atoms with Gasteiger partial charge in [0.05, 0.1) is 19.0 Å². The number of carboxylic acid groups (broad SMARTS) is 2. The SMILES string of the molecule is CC(C)C(NC(=O)C1CCCN1C(=O)CNC(=O)C(N)CC(=O)O)C(=O)O. The second-order valence-corrected chi connectivity index (χ2v) is 6.74. The maximum absolute atomic E-state index is 12.4. The molecule has 152 valence electrons. The van der Waals surface area contributed by atoms with Crippen molar-refractivity contribution >= 4 is 29.7 Å². The molecule has 1 aliphatic heterocycles. The lowest BCUT2D eigenvalue weighted by atomic mass is 10.0. The first-order valence-electron chi connectivity index (χ1n) is 8.62. The number of carboxylic acids is 2. The topological polar surface area (TPSA) is 179 Å². The molecule has 3 unspecified atom stereocenters. The average Bonchev–Trinajstić information content (AvgIpc) is 3.05. The number of aliphatic carboxylic acids is 2. The van der Waals surface area contributed by atoms with Gasteiger partial charge < -0.3 is 31.5 Å². The Morgan fingerprint density at radius 2 is 1.81 bits per heavy atom. The van der Waals surface area contributed by atoms with E-state index in [1.54, 1.807) is 13.8 Å². The zero-order chi connectivity index (χ0) is 20.7. The lowest BCUT2D eigenvalue weighted by molar-refractivity contribution is -0.145. The van der Waals surface area contributed by atoms with Gasteiger partial charge in [0.25, 0.3) is 0 Å². The molecule has 0 aromatic rings. The Hall–Kier alpha value is -2.69. The van der Waals surface area contributed by atoms with Gasteiger partial charge in [-0.1, -0.05) is 13.8 Å². The van der Waals surface area contributed by atoms with Crippen LogP contribution in [0.4, 0.5) is 0 Å². The van der Waals surface area contributed by atoms with E-state index in [1.165, 1.54) is 4.90 Å². The highest BCUT2D eigenvalue weighted by molar-refractivity contribution is 5.93. The summed E-state index contributed by atoms with van der Waals surface area (Å²) in [5, 5.41) is 22.5. The van der Waals surface area contributed by atoms with Crippen molar-refractivity contribution in [3.63, 3.8) is 0 Å².